The SMILES string of the molecule is CC(Cn1cccn1)NCc1cc(F)ccc1F. The summed E-state index contributed by atoms with van der Waals surface area (Å²) in [6.07, 6.45) is 3.57. The maximum absolute atomic E-state index is 13.4. The number of hydrogen-bond acceptors (Lipinski definition) is 2. The zero-order valence-corrected chi connectivity index (χ0v) is 10.1. The summed E-state index contributed by atoms with van der Waals surface area (Å²) in [7, 11) is 0. The second-order valence-electron chi connectivity index (χ2n) is 4.25. The molecular formula is C13H15F2N3. The van der Waals surface area contributed by atoms with E-state index in [2.05, 4.69) is 10.4 Å². The zero-order chi connectivity index (χ0) is 13.0. The monoisotopic (exact) mass is 251 g/mol. The number of nitrogens with one attached hydrogen (secondary N) is 1. The van der Waals surface area contributed by atoms with Gasteiger partial charge < -0.3 is 5.32 Å². The maximum atomic E-state index is 13.4. The van der Waals surface area contributed by atoms with E-state index >= 15 is 0 Å². The van der Waals surface area contributed by atoms with Gasteiger partial charge in [-0.2, -0.15) is 5.10 Å². The molecule has 3 nitrogen and oxygen atoms in total. The lowest BCUT2D eigenvalue weighted by Gasteiger charge is -2.14. The van der Waals surface area contributed by atoms with Crippen LogP contribution in [0.2, 0.25) is 0 Å². The molecule has 5 heteroatoms. The van der Waals surface area contributed by atoms with Crippen LogP contribution in [0.25, 0.3) is 0 Å². The largest absolute Gasteiger partial charge is 0.308 e. The topological polar surface area (TPSA) is 29.9 Å². The summed E-state index contributed by atoms with van der Waals surface area (Å²) in [4.78, 5) is 0. The van der Waals surface area contributed by atoms with E-state index in [0.29, 0.717) is 18.7 Å². The third kappa shape index (κ3) is 3.37. The molecule has 0 aliphatic rings. The van der Waals surface area contributed by atoms with Gasteiger partial charge in [0, 0.05) is 30.5 Å². The van der Waals surface area contributed by atoms with Crippen molar-refractivity contribution in [3.8, 4) is 0 Å². The van der Waals surface area contributed by atoms with Crippen LogP contribution in [-0.2, 0) is 13.1 Å². The van der Waals surface area contributed by atoms with Gasteiger partial charge in [0.1, 0.15) is 11.6 Å². The van der Waals surface area contributed by atoms with Gasteiger partial charge in [-0.1, -0.05) is 0 Å². The fourth-order valence-corrected chi connectivity index (χ4v) is 1.72. The van der Waals surface area contributed by atoms with Crippen LogP contribution < -0.4 is 5.32 Å². The van der Waals surface area contributed by atoms with Crippen LogP contribution in [-0.4, -0.2) is 15.8 Å². The number of rotatable bonds is 5. The molecular weight excluding hydrogens is 236 g/mol. The van der Waals surface area contributed by atoms with Crippen molar-refractivity contribution in [2.24, 2.45) is 0 Å². The Kier molecular flexibility index (Phi) is 4.04. The van der Waals surface area contributed by atoms with E-state index < -0.39 is 11.6 Å². The lowest BCUT2D eigenvalue weighted by atomic mass is 10.2. The molecule has 1 aromatic heterocycles. The van der Waals surface area contributed by atoms with E-state index in [1.807, 2.05) is 19.2 Å². The minimum atomic E-state index is -0.423. The molecule has 0 bridgehead atoms. The highest BCUT2D eigenvalue weighted by atomic mass is 19.1. The van der Waals surface area contributed by atoms with Crippen molar-refractivity contribution < 1.29 is 8.78 Å². The van der Waals surface area contributed by atoms with Gasteiger partial charge in [0.05, 0.1) is 6.54 Å². The molecule has 1 aromatic carbocycles. The lowest BCUT2D eigenvalue weighted by molar-refractivity contribution is 0.444. The standard InChI is InChI=1S/C13H15F2N3/c1-10(9-18-6-2-5-17-18)16-8-11-7-12(14)3-4-13(11)15/h2-7,10,16H,8-9H2,1H3. The van der Waals surface area contributed by atoms with Crippen LogP contribution in [0.4, 0.5) is 8.78 Å². The average Bonchev–Trinajstić information content (AvgIpc) is 2.83. The highest BCUT2D eigenvalue weighted by molar-refractivity contribution is 5.18. The normalized spacial score (nSPS) is 12.6. The van der Waals surface area contributed by atoms with Gasteiger partial charge in [-0.25, -0.2) is 8.78 Å². The quantitative estimate of drug-likeness (QED) is 0.884. The Morgan fingerprint density at radius 2 is 2.22 bits per heavy atom. The molecule has 0 saturated heterocycles. The van der Waals surface area contributed by atoms with Gasteiger partial charge in [-0.15, -0.1) is 0 Å². The fourth-order valence-electron chi connectivity index (χ4n) is 1.72. The van der Waals surface area contributed by atoms with Gasteiger partial charge in [0.25, 0.3) is 0 Å². The van der Waals surface area contributed by atoms with E-state index in [9.17, 15) is 8.78 Å². The van der Waals surface area contributed by atoms with E-state index in [1.54, 1.807) is 10.9 Å². The summed E-state index contributed by atoms with van der Waals surface area (Å²) >= 11 is 0. The van der Waals surface area contributed by atoms with Crippen molar-refractivity contribution in [3.63, 3.8) is 0 Å². The molecule has 0 spiro atoms. The first-order valence-electron chi connectivity index (χ1n) is 5.80. The molecule has 96 valence electrons. The van der Waals surface area contributed by atoms with Crippen LogP contribution in [0.5, 0.6) is 0 Å². The van der Waals surface area contributed by atoms with E-state index in [0.717, 1.165) is 12.1 Å². The molecule has 0 aliphatic heterocycles. The molecule has 0 fully saturated rings. The molecule has 2 aromatic rings. The van der Waals surface area contributed by atoms with E-state index in [1.165, 1.54) is 6.07 Å². The van der Waals surface area contributed by atoms with Crippen molar-refractivity contribution in [3.05, 3.63) is 53.9 Å². The number of nitrogens with zero attached hydrogens (tertiary/aromatic N) is 2. The predicted octanol–water partition coefficient (Wildman–Crippen LogP) is 2.34. The van der Waals surface area contributed by atoms with Gasteiger partial charge in [-0.3, -0.25) is 4.68 Å². The smallest absolute Gasteiger partial charge is 0.127 e. The van der Waals surface area contributed by atoms with Gasteiger partial charge in [0.15, 0.2) is 0 Å². The fraction of sp³-hybridized carbons (Fsp3) is 0.308. The first-order chi connectivity index (χ1) is 8.65. The molecule has 18 heavy (non-hydrogen) atoms. The van der Waals surface area contributed by atoms with Gasteiger partial charge >= 0.3 is 0 Å². The maximum Gasteiger partial charge on any atom is 0.127 e. The first-order valence-corrected chi connectivity index (χ1v) is 5.80. The molecule has 1 N–H and O–H groups in total. The highest BCUT2D eigenvalue weighted by Crippen LogP contribution is 2.09. The average molecular weight is 251 g/mol. The Morgan fingerprint density at radius 1 is 1.39 bits per heavy atom. The minimum Gasteiger partial charge on any atom is -0.308 e. The number of hydrogen-bond donors (Lipinski definition) is 1. The zero-order valence-electron chi connectivity index (χ0n) is 10.1. The second-order valence-corrected chi connectivity index (χ2v) is 4.25. The minimum absolute atomic E-state index is 0.118. The summed E-state index contributed by atoms with van der Waals surface area (Å²) < 4.78 is 28.1. The molecule has 1 atom stereocenters. The number of benzene rings is 1. The van der Waals surface area contributed by atoms with Crippen LogP contribution in [0.1, 0.15) is 12.5 Å². The molecule has 1 heterocycles. The molecule has 0 saturated carbocycles. The molecule has 1 unspecified atom stereocenters. The van der Waals surface area contributed by atoms with Crippen LogP contribution in [0.3, 0.4) is 0 Å². The summed E-state index contributed by atoms with van der Waals surface area (Å²) in [6.45, 7) is 2.95. The lowest BCUT2D eigenvalue weighted by Crippen LogP contribution is -2.30. The third-order valence-corrected chi connectivity index (χ3v) is 2.67. The van der Waals surface area contributed by atoms with Crippen molar-refractivity contribution in [1.82, 2.24) is 15.1 Å². The van der Waals surface area contributed by atoms with Gasteiger partial charge in [0.2, 0.25) is 0 Å². The third-order valence-electron chi connectivity index (χ3n) is 2.67. The van der Waals surface area contributed by atoms with Crippen LogP contribution in [0, 0.1) is 11.6 Å². The highest BCUT2D eigenvalue weighted by Gasteiger charge is 2.07. The van der Waals surface area contributed by atoms with Crippen LogP contribution >= 0.6 is 0 Å². The molecule has 0 radical (unpaired) electrons. The Balaban J connectivity index is 1.89. The molecule has 0 aliphatic carbocycles. The number of aromatic nitrogens is 2. The molecule has 0 amide bonds. The van der Waals surface area contributed by atoms with E-state index in [4.69, 9.17) is 0 Å². The Labute approximate surface area is 104 Å². The van der Waals surface area contributed by atoms with Crippen molar-refractivity contribution in [1.29, 1.82) is 0 Å². The Bertz CT molecular complexity index is 497. The number of halogens is 2. The summed E-state index contributed by atoms with van der Waals surface area (Å²) in [5, 5.41) is 7.22. The van der Waals surface area contributed by atoms with Crippen molar-refractivity contribution >= 4 is 0 Å². The summed E-state index contributed by atoms with van der Waals surface area (Å²) in [5.41, 5.74) is 0.335. The second kappa shape index (κ2) is 5.73. The van der Waals surface area contributed by atoms with E-state index in [-0.39, 0.29) is 6.04 Å². The Morgan fingerprint density at radius 3 is 2.94 bits per heavy atom. The predicted molar refractivity (Wildman–Crippen MR) is 64.9 cm³/mol. The first kappa shape index (κ1) is 12.7. The van der Waals surface area contributed by atoms with Crippen molar-refractivity contribution in [2.45, 2.75) is 26.1 Å². The summed E-state index contributed by atoms with van der Waals surface area (Å²) in [6, 6.07) is 5.44. The van der Waals surface area contributed by atoms with Crippen LogP contribution in [0.15, 0.2) is 36.7 Å². The Hall–Kier alpha value is -1.75. The summed E-state index contributed by atoms with van der Waals surface area (Å²) in [5.74, 6) is -0.817. The van der Waals surface area contributed by atoms with Gasteiger partial charge in [-0.05, 0) is 31.2 Å². The molecule has 2 rings (SSSR count). The van der Waals surface area contributed by atoms with Crippen molar-refractivity contribution in [2.75, 3.05) is 0 Å².